The van der Waals surface area contributed by atoms with E-state index >= 15 is 0 Å². The molecule has 1 fully saturated rings. The molecule has 0 atom stereocenters. The van der Waals surface area contributed by atoms with E-state index in [1.54, 1.807) is 13.8 Å². The molecule has 2 aliphatic rings. The van der Waals surface area contributed by atoms with E-state index < -0.39 is 39.8 Å². The molecular formula is C16H18N2O6S. The Labute approximate surface area is 144 Å². The van der Waals surface area contributed by atoms with E-state index in [4.69, 9.17) is 5.11 Å². The van der Waals surface area contributed by atoms with E-state index in [2.05, 4.69) is 5.32 Å². The minimum atomic E-state index is -3.96. The monoisotopic (exact) mass is 366 g/mol. The van der Waals surface area contributed by atoms with Gasteiger partial charge in [0.25, 0.3) is 21.8 Å². The summed E-state index contributed by atoms with van der Waals surface area (Å²) in [6.45, 7) is 3.20. The van der Waals surface area contributed by atoms with Gasteiger partial charge in [0, 0.05) is 17.6 Å². The summed E-state index contributed by atoms with van der Waals surface area (Å²) in [4.78, 5) is 35.2. The van der Waals surface area contributed by atoms with Gasteiger partial charge in [0.15, 0.2) is 0 Å². The van der Waals surface area contributed by atoms with Gasteiger partial charge in [0.2, 0.25) is 0 Å². The summed E-state index contributed by atoms with van der Waals surface area (Å²) in [7, 11) is -3.96. The summed E-state index contributed by atoms with van der Waals surface area (Å²) in [6.07, 6.45) is 0.702. The predicted molar refractivity (Wildman–Crippen MR) is 86.5 cm³/mol. The zero-order valence-electron chi connectivity index (χ0n) is 13.7. The van der Waals surface area contributed by atoms with Crippen molar-refractivity contribution in [2.24, 2.45) is 5.92 Å². The fourth-order valence-corrected chi connectivity index (χ4v) is 4.90. The van der Waals surface area contributed by atoms with Crippen LogP contribution in [-0.2, 0) is 14.8 Å². The molecule has 2 N–H and O–H groups in total. The lowest BCUT2D eigenvalue weighted by molar-refractivity contribution is -0.145. The minimum Gasteiger partial charge on any atom is -0.481 e. The average Bonchev–Trinajstić information content (AvgIpc) is 2.68. The van der Waals surface area contributed by atoms with Gasteiger partial charge in [0.1, 0.15) is 4.90 Å². The van der Waals surface area contributed by atoms with E-state index in [1.165, 1.54) is 18.2 Å². The van der Waals surface area contributed by atoms with Crippen LogP contribution in [0.5, 0.6) is 0 Å². The average molecular weight is 366 g/mol. The number of amides is 2. The van der Waals surface area contributed by atoms with Crippen molar-refractivity contribution >= 4 is 27.8 Å². The Balaban J connectivity index is 1.81. The van der Waals surface area contributed by atoms with E-state index in [-0.39, 0.29) is 22.1 Å². The summed E-state index contributed by atoms with van der Waals surface area (Å²) in [5, 5.41) is 11.5. The highest BCUT2D eigenvalue weighted by Crippen LogP contribution is 2.33. The first-order valence-corrected chi connectivity index (χ1v) is 9.33. The Morgan fingerprint density at radius 1 is 1.28 bits per heavy atom. The van der Waals surface area contributed by atoms with E-state index in [0.717, 1.165) is 4.31 Å². The van der Waals surface area contributed by atoms with Crippen molar-refractivity contribution in [3.8, 4) is 0 Å². The zero-order chi connectivity index (χ0) is 18.5. The minimum absolute atomic E-state index is 0.0554. The van der Waals surface area contributed by atoms with Gasteiger partial charge >= 0.3 is 5.97 Å². The lowest BCUT2D eigenvalue weighted by atomic mass is 9.80. The third-order valence-corrected chi connectivity index (χ3v) is 6.50. The highest BCUT2D eigenvalue weighted by atomic mass is 32.2. The second-order valence-corrected chi connectivity index (χ2v) is 8.37. The first-order valence-electron chi connectivity index (χ1n) is 7.89. The molecule has 9 heteroatoms. The molecule has 0 saturated heterocycles. The molecule has 0 bridgehead atoms. The van der Waals surface area contributed by atoms with Crippen molar-refractivity contribution in [1.82, 2.24) is 9.62 Å². The SMILES string of the molecule is CC(C)N1C(=O)c2ccc(C(=O)NC3CC(C(=O)O)C3)cc2S1(=O)=O. The molecule has 1 saturated carbocycles. The van der Waals surface area contributed by atoms with Gasteiger partial charge in [-0.15, -0.1) is 0 Å². The van der Waals surface area contributed by atoms with Crippen molar-refractivity contribution in [1.29, 1.82) is 0 Å². The molecular weight excluding hydrogens is 348 g/mol. The van der Waals surface area contributed by atoms with Gasteiger partial charge in [-0.1, -0.05) is 0 Å². The highest BCUT2D eigenvalue weighted by molar-refractivity contribution is 7.90. The molecule has 1 heterocycles. The number of hydrogen-bond donors (Lipinski definition) is 2. The first-order chi connectivity index (χ1) is 11.6. The molecule has 134 valence electrons. The quantitative estimate of drug-likeness (QED) is 0.814. The summed E-state index contributed by atoms with van der Waals surface area (Å²) in [5.41, 5.74) is 0.180. The van der Waals surface area contributed by atoms with E-state index in [0.29, 0.717) is 12.8 Å². The van der Waals surface area contributed by atoms with Crippen molar-refractivity contribution in [3.63, 3.8) is 0 Å². The normalized spacial score (nSPS) is 24.0. The van der Waals surface area contributed by atoms with E-state index in [9.17, 15) is 22.8 Å². The molecule has 8 nitrogen and oxygen atoms in total. The summed E-state index contributed by atoms with van der Waals surface area (Å²) in [6, 6.07) is 3.18. The van der Waals surface area contributed by atoms with E-state index in [1.807, 2.05) is 0 Å². The lowest BCUT2D eigenvalue weighted by Gasteiger charge is -2.32. The predicted octanol–water partition coefficient (Wildman–Crippen LogP) is 0.833. The van der Waals surface area contributed by atoms with Crippen molar-refractivity contribution < 1.29 is 27.9 Å². The first kappa shape index (κ1) is 17.4. The number of nitrogens with zero attached hydrogens (tertiary/aromatic N) is 1. The number of carboxylic acids is 1. The Bertz CT molecular complexity index is 871. The van der Waals surface area contributed by atoms with Gasteiger partial charge in [-0.05, 0) is 44.9 Å². The molecule has 0 aromatic heterocycles. The number of hydrogen-bond acceptors (Lipinski definition) is 5. The fraction of sp³-hybridized carbons (Fsp3) is 0.438. The third kappa shape index (κ3) is 2.78. The number of benzene rings is 1. The van der Waals surface area contributed by atoms with Gasteiger partial charge in [-0.25, -0.2) is 12.7 Å². The van der Waals surface area contributed by atoms with Gasteiger partial charge in [-0.3, -0.25) is 14.4 Å². The van der Waals surface area contributed by atoms with Crippen LogP contribution in [0.15, 0.2) is 23.1 Å². The van der Waals surface area contributed by atoms with Crippen molar-refractivity contribution in [3.05, 3.63) is 29.3 Å². The number of sulfonamides is 1. The molecule has 3 rings (SSSR count). The summed E-state index contributed by atoms with van der Waals surface area (Å²) >= 11 is 0. The van der Waals surface area contributed by atoms with Crippen LogP contribution >= 0.6 is 0 Å². The molecule has 0 spiro atoms. The van der Waals surface area contributed by atoms with Crippen molar-refractivity contribution in [2.45, 2.75) is 43.7 Å². The van der Waals surface area contributed by atoms with Crippen LogP contribution in [0.2, 0.25) is 0 Å². The fourth-order valence-electron chi connectivity index (χ4n) is 3.11. The Morgan fingerprint density at radius 2 is 1.92 bits per heavy atom. The maximum absolute atomic E-state index is 12.5. The van der Waals surface area contributed by atoms with Gasteiger partial charge < -0.3 is 10.4 Å². The Morgan fingerprint density at radius 3 is 2.48 bits per heavy atom. The number of carbonyl (C=O) groups is 3. The number of aliphatic carboxylic acids is 1. The molecule has 1 aromatic carbocycles. The molecule has 1 aromatic rings. The van der Waals surface area contributed by atoms with Crippen LogP contribution in [0, 0.1) is 5.92 Å². The number of nitrogens with one attached hydrogen (secondary N) is 1. The van der Waals surface area contributed by atoms with Gasteiger partial charge in [0.05, 0.1) is 11.5 Å². The van der Waals surface area contributed by atoms with Crippen LogP contribution in [0.4, 0.5) is 0 Å². The topological polar surface area (TPSA) is 121 Å². The Kier molecular flexibility index (Phi) is 4.06. The Hall–Kier alpha value is -2.42. The van der Waals surface area contributed by atoms with Gasteiger partial charge in [-0.2, -0.15) is 0 Å². The molecule has 25 heavy (non-hydrogen) atoms. The van der Waals surface area contributed by atoms with Crippen LogP contribution in [0.1, 0.15) is 47.4 Å². The van der Waals surface area contributed by atoms with Crippen LogP contribution in [0.3, 0.4) is 0 Å². The number of rotatable bonds is 4. The standard InChI is InChI=1S/C16H18N2O6S/c1-8(2)18-15(20)12-4-3-9(7-13(12)25(18,23)24)14(19)17-11-5-10(6-11)16(21)22/h3-4,7-8,10-11H,5-6H2,1-2H3,(H,17,19)(H,21,22). The summed E-state index contributed by atoms with van der Waals surface area (Å²) < 4.78 is 25.9. The molecule has 1 aliphatic carbocycles. The maximum Gasteiger partial charge on any atom is 0.306 e. The molecule has 0 radical (unpaired) electrons. The van der Waals surface area contributed by atoms with Crippen LogP contribution < -0.4 is 5.32 Å². The summed E-state index contributed by atoms with van der Waals surface area (Å²) in [5.74, 6) is -2.42. The maximum atomic E-state index is 12.5. The zero-order valence-corrected chi connectivity index (χ0v) is 14.5. The third-order valence-electron chi connectivity index (χ3n) is 4.50. The largest absolute Gasteiger partial charge is 0.481 e. The highest BCUT2D eigenvalue weighted by Gasteiger charge is 2.43. The van der Waals surface area contributed by atoms with Crippen molar-refractivity contribution in [2.75, 3.05) is 0 Å². The number of carbonyl (C=O) groups excluding carboxylic acids is 2. The second kappa shape index (κ2) is 5.83. The van der Waals surface area contributed by atoms with Crippen LogP contribution in [-0.4, -0.2) is 47.7 Å². The molecule has 2 amide bonds. The molecule has 0 unspecified atom stereocenters. The number of carboxylic acid groups (broad SMARTS) is 1. The molecule has 1 aliphatic heterocycles. The smallest absolute Gasteiger partial charge is 0.306 e. The number of fused-ring (bicyclic) bond motifs is 1. The lowest BCUT2D eigenvalue weighted by Crippen LogP contribution is -2.46. The van der Waals surface area contributed by atoms with Crippen LogP contribution in [0.25, 0.3) is 0 Å². The second-order valence-electron chi connectivity index (χ2n) is 6.59.